The summed E-state index contributed by atoms with van der Waals surface area (Å²) in [6, 6.07) is 37.1. The summed E-state index contributed by atoms with van der Waals surface area (Å²) in [5, 5.41) is 35.1. The molecular weight excluding hydrogens is 1390 g/mol. The van der Waals surface area contributed by atoms with Gasteiger partial charge in [0.15, 0.2) is 5.69 Å². The highest BCUT2D eigenvalue weighted by molar-refractivity contribution is 6.08. The van der Waals surface area contributed by atoms with Gasteiger partial charge in [0.25, 0.3) is 23.6 Å². The van der Waals surface area contributed by atoms with E-state index in [1.54, 1.807) is 88.8 Å². The van der Waals surface area contributed by atoms with E-state index in [-0.39, 0.29) is 40.9 Å². The van der Waals surface area contributed by atoms with Crippen molar-refractivity contribution >= 4 is 95.7 Å². The number of nitrogens with zero attached hydrogens (tertiary/aromatic N) is 11. The third-order valence-corrected chi connectivity index (χ3v) is 18.9. The van der Waals surface area contributed by atoms with Gasteiger partial charge in [0.1, 0.15) is 41.3 Å². The van der Waals surface area contributed by atoms with Crippen LogP contribution in [0.2, 0.25) is 0 Å². The van der Waals surface area contributed by atoms with Crippen LogP contribution in [0.5, 0.6) is 23.5 Å². The first-order valence-corrected chi connectivity index (χ1v) is 35.7. The summed E-state index contributed by atoms with van der Waals surface area (Å²) in [7, 11) is 5.44. The molecule has 4 aromatic carbocycles. The highest BCUT2D eigenvalue weighted by Crippen LogP contribution is 2.42. The van der Waals surface area contributed by atoms with E-state index < -0.39 is 29.2 Å². The molecule has 1 atom stereocenters. The number of carbonyl (C=O) groups is 4. The number of ether oxygens (including phenoxy) is 6. The number of aromatic nitrogens is 12. The number of H-pyrrole nitrogens is 1. The third-order valence-electron chi connectivity index (χ3n) is 18.9. The standard InChI is InChI=1S/C20H20F2N4O2.C20H21FN4O2.C19H21N5O4.C19H20N4O2/c1-20(22)8-12(9-20)11-28-19-15-5-4-14(7-17(15)26(2)25-19)24-18(27)16-6-3-13(21)10-23-16;1-25-17-11-14(22-19(26)16-7-4-8-18(21)23-16)9-10-15(17)20(24-25)27-12-13-5-2-3-6-13;1-24-16-9-12(22-18(25)17-15(20)3-2-6-21-17)4-5-14(16)19(23-24)28-11-13-10-26-7-8-27-13;24-18(16-7-3-4-10-20-16)21-14-8-9-15-17(11-14)22-23-19(15)25-12-13-5-1-2-6-13/h3-7,10,12H,8-9,11H2,1-2H3,(H,24,27);4,7-11,13H,2-3,5-6,12H2,1H3,(H,22,26);2-6,9,13H,7-8,10-11,20H2,1H3,(H,22,25);3-4,7-11,13H,1-2,5-6,12H2,(H,21,24)(H,22,23)/t;;13-;/m..1./s1. The lowest BCUT2D eigenvalue weighted by molar-refractivity contribution is -0.101. The van der Waals surface area contributed by atoms with Gasteiger partial charge in [-0.25, -0.2) is 23.7 Å². The van der Waals surface area contributed by atoms with Crippen molar-refractivity contribution in [2.24, 2.45) is 38.9 Å². The average molecular weight is 1470 g/mol. The minimum Gasteiger partial charge on any atom is -0.476 e. The number of pyridine rings is 4. The Bertz CT molecular complexity index is 5140. The van der Waals surface area contributed by atoms with Crippen LogP contribution in [0.25, 0.3) is 43.6 Å². The van der Waals surface area contributed by atoms with Gasteiger partial charge in [-0.3, -0.25) is 43.3 Å². The van der Waals surface area contributed by atoms with Crippen molar-refractivity contribution in [1.82, 2.24) is 59.5 Å². The van der Waals surface area contributed by atoms with Crippen LogP contribution >= 0.6 is 0 Å². The van der Waals surface area contributed by atoms with Gasteiger partial charge in [-0.15, -0.1) is 20.4 Å². The minimum atomic E-state index is -1.08. The number of alkyl halides is 1. The molecule has 1 saturated heterocycles. The molecular formula is C78H82F3N17O10. The molecule has 27 nitrogen and oxygen atoms in total. The minimum absolute atomic E-state index is 0.0284. The molecule has 3 saturated carbocycles. The number of nitrogen functional groups attached to an aromatic ring is 1. The summed E-state index contributed by atoms with van der Waals surface area (Å²) in [5.41, 5.74) is 11.5. The number of rotatable bonds is 20. The molecule has 12 aromatic rings. The molecule has 7 N–H and O–H groups in total. The van der Waals surface area contributed by atoms with E-state index in [0.29, 0.717) is 122 Å². The Balaban J connectivity index is 0.000000127. The number of carbonyl (C=O) groups excluding carboxylic acids is 4. The second kappa shape index (κ2) is 34.0. The molecule has 0 spiro atoms. The maximum absolute atomic E-state index is 13.6. The highest BCUT2D eigenvalue weighted by atomic mass is 19.1. The summed E-state index contributed by atoms with van der Waals surface area (Å²) >= 11 is 0. The number of anilines is 5. The molecule has 0 unspecified atom stereocenters. The smallest absolute Gasteiger partial charge is 0.276 e. The Morgan fingerprint density at radius 1 is 0.537 bits per heavy atom. The number of amides is 4. The highest BCUT2D eigenvalue weighted by Gasteiger charge is 2.41. The fraction of sp³-hybridized carbons (Fsp3) is 0.333. The number of nitrogens with one attached hydrogen (secondary N) is 5. The Kier molecular flexibility index (Phi) is 23.4. The summed E-state index contributed by atoms with van der Waals surface area (Å²) in [4.78, 5) is 64.5. The fourth-order valence-electron chi connectivity index (χ4n) is 13.3. The van der Waals surface area contributed by atoms with Crippen LogP contribution in [0.4, 0.5) is 41.6 Å². The SMILES string of the molecule is Cn1nc(OCC2CC(C)(F)C2)c2ccc(NC(=O)c3ccc(F)cn3)cc21.Cn1nc(OCC2CCCC2)c2ccc(NC(=O)c3cccc(F)n3)cc21.Cn1nc(OC[C@H]2COCCO2)c2ccc(NC(=O)c3ncccc3N)cc21.O=C(Nc1ccc2c(OCC3CCCC3)n[nH]c2c1)c1ccccn1. The number of aryl methyl sites for hydroxylation is 3. The fourth-order valence-corrected chi connectivity index (χ4v) is 13.3. The van der Waals surface area contributed by atoms with E-state index in [1.807, 2.05) is 62.6 Å². The van der Waals surface area contributed by atoms with Crippen molar-refractivity contribution in [2.75, 3.05) is 73.2 Å². The maximum Gasteiger partial charge on any atom is 0.276 e. The van der Waals surface area contributed by atoms with E-state index in [9.17, 15) is 32.3 Å². The van der Waals surface area contributed by atoms with Crippen LogP contribution in [0, 0.1) is 29.5 Å². The molecule has 30 heteroatoms. The molecule has 4 aliphatic rings. The molecule has 0 bridgehead atoms. The van der Waals surface area contributed by atoms with E-state index in [1.165, 1.54) is 87.9 Å². The van der Waals surface area contributed by atoms with Crippen LogP contribution in [0.15, 0.2) is 152 Å². The zero-order valence-corrected chi connectivity index (χ0v) is 60.0. The van der Waals surface area contributed by atoms with E-state index in [0.717, 1.165) is 56.4 Å². The van der Waals surface area contributed by atoms with Crippen LogP contribution in [0.1, 0.15) is 113 Å². The third kappa shape index (κ3) is 18.8. The number of aromatic amines is 1. The predicted octanol–water partition coefficient (Wildman–Crippen LogP) is 13.2. The predicted molar refractivity (Wildman–Crippen MR) is 400 cm³/mol. The second-order valence-corrected chi connectivity index (χ2v) is 27.3. The average Bonchev–Trinajstić information content (AvgIpc) is 1.73. The van der Waals surface area contributed by atoms with Crippen LogP contribution in [-0.2, 0) is 30.6 Å². The monoisotopic (exact) mass is 1470 g/mol. The summed E-state index contributed by atoms with van der Waals surface area (Å²) in [6.07, 6.45) is 15.1. The molecule has 560 valence electrons. The molecule has 0 radical (unpaired) electrons. The number of hydrogen-bond acceptors (Lipinski definition) is 19. The Morgan fingerprint density at radius 3 is 1.55 bits per heavy atom. The molecule has 3 aliphatic carbocycles. The number of benzene rings is 4. The Labute approximate surface area is 618 Å². The second-order valence-electron chi connectivity index (χ2n) is 27.3. The molecule has 4 amide bonds. The molecule has 9 heterocycles. The lowest BCUT2D eigenvalue weighted by Gasteiger charge is -2.38. The topological polar surface area (TPSA) is 331 Å². The van der Waals surface area contributed by atoms with E-state index in [2.05, 4.69) is 66.7 Å². The number of nitrogens with two attached hydrogens (primary N) is 1. The Morgan fingerprint density at radius 2 is 1.04 bits per heavy atom. The van der Waals surface area contributed by atoms with Gasteiger partial charge in [0.05, 0.1) is 95.1 Å². The summed E-state index contributed by atoms with van der Waals surface area (Å²) in [5.74, 6) is 1.01. The molecule has 8 aromatic heterocycles. The first kappa shape index (κ1) is 74.2. The Hall–Kier alpha value is -12.1. The molecule has 16 rings (SSSR count). The number of halogens is 3. The van der Waals surface area contributed by atoms with Gasteiger partial charge in [0.2, 0.25) is 29.5 Å². The lowest BCUT2D eigenvalue weighted by Crippen LogP contribution is -2.39. The van der Waals surface area contributed by atoms with Crippen molar-refractivity contribution < 1.29 is 60.8 Å². The lowest BCUT2D eigenvalue weighted by atomic mass is 9.74. The number of fused-ring (bicyclic) bond motifs is 4. The summed E-state index contributed by atoms with van der Waals surface area (Å²) in [6.45, 7) is 5.51. The van der Waals surface area contributed by atoms with Crippen LogP contribution < -0.4 is 45.9 Å². The van der Waals surface area contributed by atoms with Gasteiger partial charge < -0.3 is 55.4 Å². The van der Waals surface area contributed by atoms with Gasteiger partial charge >= 0.3 is 0 Å². The number of hydrogen-bond donors (Lipinski definition) is 6. The van der Waals surface area contributed by atoms with Gasteiger partial charge in [-0.2, -0.15) is 4.39 Å². The van der Waals surface area contributed by atoms with Crippen molar-refractivity contribution in [3.8, 4) is 23.5 Å². The quantitative estimate of drug-likeness (QED) is 0.0386. The first-order chi connectivity index (χ1) is 52.3. The molecule has 4 fully saturated rings. The van der Waals surface area contributed by atoms with Gasteiger partial charge in [0, 0.05) is 56.3 Å². The van der Waals surface area contributed by atoms with Gasteiger partial charge in [-0.1, -0.05) is 37.8 Å². The van der Waals surface area contributed by atoms with Crippen LogP contribution in [-0.4, -0.2) is 141 Å². The van der Waals surface area contributed by atoms with Crippen molar-refractivity contribution in [1.29, 1.82) is 0 Å². The molecule has 108 heavy (non-hydrogen) atoms. The van der Waals surface area contributed by atoms with E-state index in [4.69, 9.17) is 34.2 Å². The van der Waals surface area contributed by atoms with Crippen molar-refractivity contribution in [3.05, 3.63) is 187 Å². The van der Waals surface area contributed by atoms with E-state index >= 15 is 0 Å². The summed E-state index contributed by atoms with van der Waals surface area (Å²) < 4.78 is 79.3. The maximum atomic E-state index is 13.6. The zero-order valence-electron chi connectivity index (χ0n) is 60.0. The van der Waals surface area contributed by atoms with Crippen LogP contribution in [0.3, 0.4) is 0 Å². The molecule has 1 aliphatic heterocycles. The van der Waals surface area contributed by atoms with Crippen molar-refractivity contribution in [2.45, 2.75) is 82.9 Å². The van der Waals surface area contributed by atoms with Gasteiger partial charge in [-0.05, 0) is 185 Å². The normalized spacial score (nSPS) is 17.0. The largest absolute Gasteiger partial charge is 0.476 e. The first-order valence-electron chi connectivity index (χ1n) is 35.7. The van der Waals surface area contributed by atoms with Crippen molar-refractivity contribution in [3.63, 3.8) is 0 Å². The zero-order chi connectivity index (χ0) is 75.3.